The number of pyridine rings is 2. The van der Waals surface area contributed by atoms with Gasteiger partial charge < -0.3 is 9.13 Å². The van der Waals surface area contributed by atoms with Gasteiger partial charge >= 0.3 is 0 Å². The zero-order valence-corrected chi connectivity index (χ0v) is 44.1. The van der Waals surface area contributed by atoms with Crippen molar-refractivity contribution in [1.82, 2.24) is 39.0 Å². The van der Waals surface area contributed by atoms with Crippen LogP contribution in [0.15, 0.2) is 279 Å². The van der Waals surface area contributed by atoms with Gasteiger partial charge in [0.05, 0.1) is 55.9 Å². The van der Waals surface area contributed by atoms with Crippen LogP contribution in [0.25, 0.3) is 156 Å². The highest BCUT2D eigenvalue weighted by Gasteiger charge is 2.18. The lowest BCUT2D eigenvalue weighted by Gasteiger charge is -2.12. The summed E-state index contributed by atoms with van der Waals surface area (Å²) in [7, 11) is 0. The fourth-order valence-electron chi connectivity index (χ4n) is 11.8. The predicted octanol–water partition coefficient (Wildman–Crippen LogP) is 18.2. The summed E-state index contributed by atoms with van der Waals surface area (Å²) in [6.45, 7) is 0. The number of hydrogen-bond donors (Lipinski definition) is 0. The van der Waals surface area contributed by atoms with Crippen LogP contribution in [0.2, 0.25) is 0 Å². The monoisotopic (exact) mass is 1050 g/mol. The minimum Gasteiger partial charge on any atom is -0.309 e. The third-order valence-corrected chi connectivity index (χ3v) is 15.8. The third-order valence-electron chi connectivity index (χ3n) is 15.8. The molecule has 16 rings (SSSR count). The maximum atomic E-state index is 5.26. The van der Waals surface area contributed by atoms with Crippen molar-refractivity contribution in [3.63, 3.8) is 0 Å². The summed E-state index contributed by atoms with van der Waals surface area (Å²) in [4.78, 5) is 30.6. The second-order valence-corrected chi connectivity index (χ2v) is 20.7. The first kappa shape index (κ1) is 46.8. The average Bonchev–Trinajstić information content (AvgIpc) is 4.29. The van der Waals surface area contributed by atoms with Gasteiger partial charge in [0.15, 0.2) is 11.6 Å². The number of hydrogen-bond acceptors (Lipinski definition) is 6. The minimum absolute atomic E-state index is 0.637. The number of benzene rings is 10. The molecule has 0 saturated carbocycles. The van der Waals surface area contributed by atoms with Gasteiger partial charge in [-0.2, -0.15) is 0 Å². The van der Waals surface area contributed by atoms with Crippen LogP contribution in [-0.2, 0) is 0 Å². The zero-order valence-electron chi connectivity index (χ0n) is 44.1. The van der Waals surface area contributed by atoms with Crippen LogP contribution in [-0.4, -0.2) is 39.0 Å². The number of fused-ring (bicyclic) bond motifs is 8. The SMILES string of the molecule is c1ccc2ncc(-c3cc(-c4ccc(-c5ccc(-c6cc(-c7cnc8ccccc8c7)nc(-c7ccc(-n8c9ccccc9c9ccccc98)cc7)n6)cc5)cc4)nc(-c4ccc(-n5c6ccccc6c6ccccc65)cc4)n3)cc2c1. The normalized spacial score (nSPS) is 11.7. The molecule has 0 aliphatic heterocycles. The topological polar surface area (TPSA) is 87.2 Å². The molecule has 8 heteroatoms. The van der Waals surface area contributed by atoms with E-state index in [1.807, 2.05) is 48.8 Å². The molecule has 82 heavy (non-hydrogen) atoms. The molecule has 6 aromatic heterocycles. The van der Waals surface area contributed by atoms with Gasteiger partial charge in [0.1, 0.15) is 0 Å². The van der Waals surface area contributed by atoms with E-state index < -0.39 is 0 Å². The Kier molecular flexibility index (Phi) is 11.0. The van der Waals surface area contributed by atoms with E-state index in [9.17, 15) is 0 Å². The van der Waals surface area contributed by atoms with Gasteiger partial charge in [0.25, 0.3) is 0 Å². The lowest BCUT2D eigenvalue weighted by Crippen LogP contribution is -1.98. The molecule has 8 nitrogen and oxygen atoms in total. The van der Waals surface area contributed by atoms with E-state index in [4.69, 9.17) is 29.9 Å². The van der Waals surface area contributed by atoms with Crippen LogP contribution >= 0.6 is 0 Å². The molecular formula is C74H46N8. The molecule has 0 aliphatic carbocycles. The maximum Gasteiger partial charge on any atom is 0.160 e. The Morgan fingerprint density at radius 1 is 0.232 bits per heavy atom. The molecule has 0 bridgehead atoms. The quantitative estimate of drug-likeness (QED) is 0.143. The third kappa shape index (κ3) is 8.16. The Labute approximate surface area is 471 Å². The molecule has 0 radical (unpaired) electrons. The van der Waals surface area contributed by atoms with Crippen molar-refractivity contribution in [2.75, 3.05) is 0 Å². The van der Waals surface area contributed by atoms with E-state index in [2.05, 4.69) is 240 Å². The Bertz CT molecular complexity index is 4710. The van der Waals surface area contributed by atoms with Crippen molar-refractivity contribution in [3.8, 4) is 90.3 Å². The molecule has 0 aliphatic rings. The summed E-state index contributed by atoms with van der Waals surface area (Å²) in [6, 6.07) is 93.6. The standard InChI is InChI=1S/C74H46N8/c1-7-19-63-53(13-1)41-55(45-75-63)67-43-65(77-73(79-67)51-33-37-57(38-34-51)81-69-21-9-3-15-59(69)60-16-4-10-22-70(60)81)49-29-25-47(26-30-49)48-27-31-50(32-28-48)66-44-68(56-42-54-14-2-8-20-64(54)76-46-56)80-74(78-66)52-35-39-58(40-36-52)82-71-23-11-5-17-61(71)62-18-6-12-24-72(62)82/h1-46H. The van der Waals surface area contributed by atoms with Crippen molar-refractivity contribution in [2.45, 2.75) is 0 Å². The summed E-state index contributed by atoms with van der Waals surface area (Å²) in [6.07, 6.45) is 3.82. The maximum absolute atomic E-state index is 5.26. The van der Waals surface area contributed by atoms with Crippen LogP contribution in [0.3, 0.4) is 0 Å². The van der Waals surface area contributed by atoms with Crippen LogP contribution in [0.5, 0.6) is 0 Å². The molecule has 6 heterocycles. The van der Waals surface area contributed by atoms with Crippen LogP contribution < -0.4 is 0 Å². The molecular weight excluding hydrogens is 1000 g/mol. The first-order valence-electron chi connectivity index (χ1n) is 27.5. The Hall–Kier alpha value is -11.2. The number of nitrogens with zero attached hydrogens (tertiary/aromatic N) is 8. The first-order chi connectivity index (χ1) is 40.6. The van der Waals surface area contributed by atoms with E-state index in [1.54, 1.807) is 0 Å². The van der Waals surface area contributed by atoms with E-state index in [0.717, 1.165) is 100 Å². The van der Waals surface area contributed by atoms with Gasteiger partial charge in [0.2, 0.25) is 0 Å². The molecule has 0 spiro atoms. The van der Waals surface area contributed by atoms with Crippen LogP contribution in [0.1, 0.15) is 0 Å². The molecule has 0 N–H and O–H groups in total. The molecule has 0 amide bonds. The molecule has 0 fully saturated rings. The van der Waals surface area contributed by atoms with Crippen molar-refractivity contribution in [2.24, 2.45) is 0 Å². The van der Waals surface area contributed by atoms with Crippen molar-refractivity contribution in [3.05, 3.63) is 279 Å². The van der Waals surface area contributed by atoms with E-state index in [0.29, 0.717) is 11.6 Å². The Morgan fingerprint density at radius 2 is 0.524 bits per heavy atom. The number of rotatable bonds is 9. The van der Waals surface area contributed by atoms with Gasteiger partial charge in [0, 0.05) is 89.5 Å². The predicted molar refractivity (Wildman–Crippen MR) is 335 cm³/mol. The zero-order chi connectivity index (χ0) is 54.1. The lowest BCUT2D eigenvalue weighted by molar-refractivity contribution is 1.16. The van der Waals surface area contributed by atoms with Gasteiger partial charge in [-0.3, -0.25) is 9.97 Å². The molecule has 0 atom stereocenters. The fraction of sp³-hybridized carbons (Fsp3) is 0. The molecule has 382 valence electrons. The van der Waals surface area contributed by atoms with E-state index in [-0.39, 0.29) is 0 Å². The minimum atomic E-state index is 0.637. The molecule has 0 saturated heterocycles. The largest absolute Gasteiger partial charge is 0.309 e. The van der Waals surface area contributed by atoms with E-state index in [1.165, 1.54) is 43.6 Å². The van der Waals surface area contributed by atoms with Gasteiger partial charge in [-0.25, -0.2) is 19.9 Å². The van der Waals surface area contributed by atoms with Crippen molar-refractivity contribution >= 4 is 65.4 Å². The Balaban J connectivity index is 0.734. The highest BCUT2D eigenvalue weighted by molar-refractivity contribution is 6.10. The summed E-state index contributed by atoms with van der Waals surface area (Å²) in [5, 5.41) is 7.02. The second kappa shape index (κ2) is 19.3. The first-order valence-corrected chi connectivity index (χ1v) is 27.5. The Morgan fingerprint density at radius 3 is 0.890 bits per heavy atom. The molecule has 10 aromatic carbocycles. The number of para-hydroxylation sites is 6. The summed E-state index contributed by atoms with van der Waals surface area (Å²) >= 11 is 0. The number of aromatic nitrogens is 8. The molecule has 16 aromatic rings. The van der Waals surface area contributed by atoms with Crippen molar-refractivity contribution < 1.29 is 0 Å². The highest BCUT2D eigenvalue weighted by Crippen LogP contribution is 2.37. The highest BCUT2D eigenvalue weighted by atomic mass is 15.0. The summed E-state index contributed by atoms with van der Waals surface area (Å²) < 4.78 is 4.66. The fourth-order valence-corrected chi connectivity index (χ4v) is 11.8. The van der Waals surface area contributed by atoms with Crippen LogP contribution in [0, 0.1) is 0 Å². The summed E-state index contributed by atoms with van der Waals surface area (Å²) in [5.41, 5.74) is 19.7. The van der Waals surface area contributed by atoms with E-state index >= 15 is 0 Å². The lowest BCUT2D eigenvalue weighted by atomic mass is 9.99. The average molecular weight is 1050 g/mol. The summed E-state index contributed by atoms with van der Waals surface area (Å²) in [5.74, 6) is 1.27. The van der Waals surface area contributed by atoms with Crippen LogP contribution in [0.4, 0.5) is 0 Å². The van der Waals surface area contributed by atoms with Gasteiger partial charge in [-0.1, -0.05) is 158 Å². The van der Waals surface area contributed by atoms with Crippen molar-refractivity contribution in [1.29, 1.82) is 0 Å². The van der Waals surface area contributed by atoms with Gasteiger partial charge in [-0.15, -0.1) is 0 Å². The smallest absolute Gasteiger partial charge is 0.160 e. The second-order valence-electron chi connectivity index (χ2n) is 20.7. The van der Waals surface area contributed by atoms with Gasteiger partial charge in [-0.05, 0) is 120 Å². The molecule has 0 unspecified atom stereocenters.